The molecule has 2 N–H and O–H groups in total. The third-order valence-corrected chi connectivity index (χ3v) is 3.17. The fourth-order valence-corrected chi connectivity index (χ4v) is 2.11. The van der Waals surface area contributed by atoms with E-state index in [0.29, 0.717) is 13.2 Å². The van der Waals surface area contributed by atoms with Crippen molar-refractivity contribution >= 4 is 0 Å². The normalized spacial score (nSPS) is 10.7. The van der Waals surface area contributed by atoms with Gasteiger partial charge in [0.15, 0.2) is 0 Å². The first-order valence-corrected chi connectivity index (χ1v) is 6.47. The maximum Gasteiger partial charge on any atom is 0.132 e. The molecular weight excluding hydrogens is 240 g/mol. The van der Waals surface area contributed by atoms with Crippen molar-refractivity contribution in [3.05, 3.63) is 40.7 Å². The average Bonchev–Trinajstić information content (AvgIpc) is 2.80. The van der Waals surface area contributed by atoms with Gasteiger partial charge in [-0.3, -0.25) is 0 Å². The number of para-hydroxylation sites is 1. The van der Waals surface area contributed by atoms with Crippen molar-refractivity contribution in [1.82, 2.24) is 15.0 Å². The van der Waals surface area contributed by atoms with Crippen LogP contribution in [-0.2, 0) is 19.7 Å². The molecule has 2 rings (SSSR count). The molecule has 1 heterocycles. The van der Waals surface area contributed by atoms with Gasteiger partial charge in [0.05, 0.1) is 0 Å². The molecule has 0 saturated heterocycles. The van der Waals surface area contributed by atoms with Gasteiger partial charge in [-0.1, -0.05) is 23.4 Å². The molecular formula is C14H20N4O. The SMILES string of the molecule is CCn1nnc(CN)c1COc1c(C)cccc1C. The van der Waals surface area contributed by atoms with Gasteiger partial charge < -0.3 is 10.5 Å². The van der Waals surface area contributed by atoms with Crippen LogP contribution in [0.3, 0.4) is 0 Å². The quantitative estimate of drug-likeness (QED) is 0.892. The zero-order valence-corrected chi connectivity index (χ0v) is 11.7. The van der Waals surface area contributed by atoms with Crippen LogP contribution in [0.15, 0.2) is 18.2 Å². The van der Waals surface area contributed by atoms with Crippen LogP contribution in [0, 0.1) is 13.8 Å². The summed E-state index contributed by atoms with van der Waals surface area (Å²) in [4.78, 5) is 0. The third kappa shape index (κ3) is 2.76. The van der Waals surface area contributed by atoms with Crippen LogP contribution in [0.1, 0.15) is 29.4 Å². The van der Waals surface area contributed by atoms with Gasteiger partial charge in [-0.25, -0.2) is 4.68 Å². The lowest BCUT2D eigenvalue weighted by Crippen LogP contribution is -2.10. The van der Waals surface area contributed by atoms with Crippen LogP contribution in [0.2, 0.25) is 0 Å². The number of nitrogens with two attached hydrogens (primary N) is 1. The maximum atomic E-state index is 5.94. The fourth-order valence-electron chi connectivity index (χ4n) is 2.11. The molecule has 0 aliphatic heterocycles. The summed E-state index contributed by atoms with van der Waals surface area (Å²) in [6, 6.07) is 6.11. The average molecular weight is 260 g/mol. The monoisotopic (exact) mass is 260 g/mol. The van der Waals surface area contributed by atoms with Crippen LogP contribution >= 0.6 is 0 Å². The van der Waals surface area contributed by atoms with E-state index in [-0.39, 0.29) is 0 Å². The number of rotatable bonds is 5. The minimum Gasteiger partial charge on any atom is -0.487 e. The Morgan fingerprint density at radius 1 is 1.26 bits per heavy atom. The van der Waals surface area contributed by atoms with E-state index in [0.717, 1.165) is 34.8 Å². The summed E-state index contributed by atoms with van der Waals surface area (Å²) in [7, 11) is 0. The molecule has 0 atom stereocenters. The molecule has 0 aliphatic carbocycles. The topological polar surface area (TPSA) is 66.0 Å². The number of nitrogens with zero attached hydrogens (tertiary/aromatic N) is 3. The molecule has 102 valence electrons. The molecule has 0 bridgehead atoms. The Morgan fingerprint density at radius 3 is 2.53 bits per heavy atom. The summed E-state index contributed by atoms with van der Waals surface area (Å²) in [5.74, 6) is 0.925. The molecule has 5 nitrogen and oxygen atoms in total. The number of benzene rings is 1. The Balaban J connectivity index is 2.21. The summed E-state index contributed by atoms with van der Waals surface area (Å²) in [6.07, 6.45) is 0. The van der Waals surface area contributed by atoms with Crippen molar-refractivity contribution in [2.24, 2.45) is 5.73 Å². The number of hydrogen-bond donors (Lipinski definition) is 1. The molecule has 0 fully saturated rings. The van der Waals surface area contributed by atoms with E-state index in [1.165, 1.54) is 0 Å². The highest BCUT2D eigenvalue weighted by Gasteiger charge is 2.12. The number of aryl methyl sites for hydroxylation is 3. The minimum absolute atomic E-state index is 0.380. The van der Waals surface area contributed by atoms with Crippen LogP contribution in [0.25, 0.3) is 0 Å². The molecule has 1 aromatic heterocycles. The van der Waals surface area contributed by atoms with Gasteiger partial charge in [-0.15, -0.1) is 5.10 Å². The lowest BCUT2D eigenvalue weighted by molar-refractivity contribution is 0.287. The molecule has 2 aromatic rings. The van der Waals surface area contributed by atoms with E-state index in [2.05, 4.69) is 10.3 Å². The summed E-state index contributed by atoms with van der Waals surface area (Å²) < 4.78 is 7.77. The number of hydrogen-bond acceptors (Lipinski definition) is 4. The Hall–Kier alpha value is -1.88. The second-order valence-electron chi connectivity index (χ2n) is 4.51. The van der Waals surface area contributed by atoms with Crippen LogP contribution in [0.4, 0.5) is 0 Å². The highest BCUT2D eigenvalue weighted by molar-refractivity contribution is 5.39. The van der Waals surface area contributed by atoms with Crippen molar-refractivity contribution in [3.8, 4) is 5.75 Å². The van der Waals surface area contributed by atoms with Crippen molar-refractivity contribution in [1.29, 1.82) is 0 Å². The van der Waals surface area contributed by atoms with Gasteiger partial charge >= 0.3 is 0 Å². The van der Waals surface area contributed by atoms with Gasteiger partial charge in [-0.2, -0.15) is 0 Å². The van der Waals surface area contributed by atoms with E-state index >= 15 is 0 Å². The van der Waals surface area contributed by atoms with Gasteiger partial charge in [-0.05, 0) is 31.9 Å². The van der Waals surface area contributed by atoms with Gasteiger partial charge in [0.1, 0.15) is 23.7 Å². The molecule has 0 amide bonds. The molecule has 0 saturated carbocycles. The summed E-state index contributed by atoms with van der Waals surface area (Å²) >= 11 is 0. The van der Waals surface area contributed by atoms with Crippen LogP contribution in [0.5, 0.6) is 5.75 Å². The molecule has 1 aromatic carbocycles. The van der Waals surface area contributed by atoms with Gasteiger partial charge in [0.25, 0.3) is 0 Å². The summed E-state index contributed by atoms with van der Waals surface area (Å²) in [6.45, 7) is 7.70. The first kappa shape index (κ1) is 13.5. The number of aromatic nitrogens is 3. The molecule has 0 unspecified atom stereocenters. The van der Waals surface area contributed by atoms with Crippen molar-refractivity contribution in [3.63, 3.8) is 0 Å². The smallest absolute Gasteiger partial charge is 0.132 e. The second-order valence-corrected chi connectivity index (χ2v) is 4.51. The number of ether oxygens (including phenoxy) is 1. The fraction of sp³-hybridized carbons (Fsp3) is 0.429. The predicted octanol–water partition coefficient (Wildman–Crippen LogP) is 1.95. The van der Waals surface area contributed by atoms with E-state index in [4.69, 9.17) is 10.5 Å². The van der Waals surface area contributed by atoms with Gasteiger partial charge in [0.2, 0.25) is 0 Å². The summed E-state index contributed by atoms with van der Waals surface area (Å²) in [5, 5.41) is 8.14. The lowest BCUT2D eigenvalue weighted by atomic mass is 10.1. The lowest BCUT2D eigenvalue weighted by Gasteiger charge is -2.12. The van der Waals surface area contributed by atoms with E-state index < -0.39 is 0 Å². The Kier molecular flexibility index (Phi) is 4.16. The highest BCUT2D eigenvalue weighted by Crippen LogP contribution is 2.23. The molecule has 0 spiro atoms. The maximum absolute atomic E-state index is 5.94. The Labute approximate surface area is 113 Å². The third-order valence-electron chi connectivity index (χ3n) is 3.17. The standard InChI is InChI=1S/C14H20N4O/c1-4-18-13(12(8-15)16-17-18)9-19-14-10(2)6-5-7-11(14)3/h5-7H,4,8-9,15H2,1-3H3. The molecule has 0 radical (unpaired) electrons. The predicted molar refractivity (Wildman–Crippen MR) is 73.8 cm³/mol. The summed E-state index contributed by atoms with van der Waals surface area (Å²) in [5.41, 5.74) is 9.69. The zero-order valence-electron chi connectivity index (χ0n) is 11.7. The van der Waals surface area contributed by atoms with E-state index in [1.807, 2.05) is 43.7 Å². The zero-order chi connectivity index (χ0) is 13.8. The van der Waals surface area contributed by atoms with Crippen LogP contribution < -0.4 is 10.5 Å². The van der Waals surface area contributed by atoms with Crippen LogP contribution in [-0.4, -0.2) is 15.0 Å². The van der Waals surface area contributed by atoms with E-state index in [1.54, 1.807) is 0 Å². The van der Waals surface area contributed by atoms with Crippen molar-refractivity contribution in [2.75, 3.05) is 0 Å². The van der Waals surface area contributed by atoms with Gasteiger partial charge in [0, 0.05) is 13.1 Å². The largest absolute Gasteiger partial charge is 0.487 e. The van der Waals surface area contributed by atoms with E-state index in [9.17, 15) is 0 Å². The van der Waals surface area contributed by atoms with Crippen molar-refractivity contribution in [2.45, 2.75) is 40.5 Å². The highest BCUT2D eigenvalue weighted by atomic mass is 16.5. The molecule has 19 heavy (non-hydrogen) atoms. The molecule has 5 heteroatoms. The minimum atomic E-state index is 0.380. The van der Waals surface area contributed by atoms with Crippen molar-refractivity contribution < 1.29 is 4.74 Å². The Morgan fingerprint density at radius 2 is 1.95 bits per heavy atom. The molecule has 0 aliphatic rings. The first-order chi connectivity index (χ1) is 9.17. The second kappa shape index (κ2) is 5.84. The first-order valence-electron chi connectivity index (χ1n) is 6.47. The Bertz CT molecular complexity index is 521.